The molecule has 2 aliphatic rings. The smallest absolute Gasteiger partial charge is 0.160 e. The summed E-state index contributed by atoms with van der Waals surface area (Å²) in [4.78, 5) is 15.4. The molecule has 2 aliphatic carbocycles. The molecule has 554 valence electrons. The summed E-state index contributed by atoms with van der Waals surface area (Å²) in [6.07, 6.45) is 2.07. The maximum Gasteiger partial charge on any atom is 0.160 e. The molecular weight excluding hydrogens is 1460 g/mol. The van der Waals surface area contributed by atoms with Crippen molar-refractivity contribution in [3.8, 4) is 112 Å². The minimum Gasteiger partial charge on any atom is -0.309 e. The van der Waals surface area contributed by atoms with Crippen LogP contribution in [-0.4, -0.2) is 33.2 Å². The molecule has 6 aromatic heterocycles. The Morgan fingerprint density at radius 1 is 0.175 bits per heavy atom. The molecule has 0 unspecified atom stereocenters. The SMILES string of the molecule is c1ccc(-n2c3ccccc3c3cc(-c4ccc5cc6c(cc5c4)c4ccccc4n6-c4ccc5cc(-c6nc7c8c(cccc8n6)-c6ccccc6-7)ccc5c4)ccc32)cc1.c1ccc(-n2c3ccccc3c3cc(-c4ccc5cc6c(cc5c4)c4ccccc4n6-c4cccc(-c5ncc6c7c(cccc57)-c5ccccc5-6)c4)ccc32)cc1. The van der Waals surface area contributed by atoms with E-state index in [9.17, 15) is 0 Å². The van der Waals surface area contributed by atoms with Crippen LogP contribution < -0.4 is 0 Å². The van der Waals surface area contributed by atoms with E-state index in [1.54, 1.807) is 0 Å². The van der Waals surface area contributed by atoms with Crippen molar-refractivity contribution in [3.05, 3.63) is 407 Å². The van der Waals surface area contributed by atoms with Gasteiger partial charge >= 0.3 is 0 Å². The average Bonchev–Trinajstić information content (AvgIpc) is 1.58. The third-order valence-corrected chi connectivity index (χ3v) is 25.6. The summed E-state index contributed by atoms with van der Waals surface area (Å²) in [5.41, 5.74) is 32.9. The lowest BCUT2D eigenvalue weighted by atomic mass is 9.98. The molecule has 6 heterocycles. The predicted octanol–water partition coefficient (Wildman–Crippen LogP) is 29.7. The van der Waals surface area contributed by atoms with Crippen molar-refractivity contribution in [3.63, 3.8) is 0 Å². The molecule has 27 rings (SSSR count). The van der Waals surface area contributed by atoms with E-state index in [0.717, 1.165) is 56.0 Å². The minimum absolute atomic E-state index is 0.751. The Hall–Kier alpha value is -16.1. The van der Waals surface area contributed by atoms with Gasteiger partial charge in [-0.05, 0) is 228 Å². The first-order chi connectivity index (χ1) is 59.5. The molecule has 0 radical (unpaired) electrons. The highest BCUT2D eigenvalue weighted by Gasteiger charge is 2.28. The van der Waals surface area contributed by atoms with Gasteiger partial charge in [-0.15, -0.1) is 0 Å². The summed E-state index contributed by atoms with van der Waals surface area (Å²) in [6, 6.07) is 146. The molecule has 0 spiro atoms. The third kappa shape index (κ3) is 9.95. The van der Waals surface area contributed by atoms with Crippen molar-refractivity contribution in [1.29, 1.82) is 0 Å². The van der Waals surface area contributed by atoms with E-state index in [1.807, 2.05) is 0 Å². The fourth-order valence-corrected chi connectivity index (χ4v) is 20.2. The molecule has 0 saturated carbocycles. The Kier molecular flexibility index (Phi) is 14.2. The number of benzene rings is 19. The van der Waals surface area contributed by atoms with Crippen molar-refractivity contribution >= 4 is 141 Å². The van der Waals surface area contributed by atoms with E-state index < -0.39 is 0 Å². The molecule has 0 N–H and O–H groups in total. The maximum atomic E-state index is 5.18. The van der Waals surface area contributed by atoms with Crippen LogP contribution >= 0.6 is 0 Å². The van der Waals surface area contributed by atoms with Crippen LogP contribution in [0.15, 0.2) is 407 Å². The molecule has 0 saturated heterocycles. The Labute approximate surface area is 688 Å². The van der Waals surface area contributed by atoms with Gasteiger partial charge in [0.15, 0.2) is 5.82 Å². The predicted molar refractivity (Wildman–Crippen MR) is 502 cm³/mol. The van der Waals surface area contributed by atoms with Crippen LogP contribution in [0.25, 0.3) is 254 Å². The second-order valence-electron chi connectivity index (χ2n) is 32.1. The first-order valence-corrected chi connectivity index (χ1v) is 41.2. The van der Waals surface area contributed by atoms with E-state index in [-0.39, 0.29) is 0 Å². The molecule has 0 bridgehead atoms. The lowest BCUT2D eigenvalue weighted by Gasteiger charge is -2.13. The average molecular weight is 1520 g/mol. The molecule has 25 aromatic rings. The summed E-state index contributed by atoms with van der Waals surface area (Å²) in [5.74, 6) is 0.751. The number of rotatable bonds is 8. The van der Waals surface area contributed by atoms with Gasteiger partial charge in [0.25, 0.3) is 0 Å². The fourth-order valence-electron chi connectivity index (χ4n) is 20.2. The normalized spacial score (nSPS) is 12.2. The summed E-state index contributed by atoms with van der Waals surface area (Å²) in [6.45, 7) is 0. The van der Waals surface area contributed by atoms with Crippen molar-refractivity contribution < 1.29 is 0 Å². The summed E-state index contributed by atoms with van der Waals surface area (Å²) >= 11 is 0. The molecule has 19 aromatic carbocycles. The number of pyridine rings is 1. The van der Waals surface area contributed by atoms with Crippen molar-refractivity contribution in [2.75, 3.05) is 0 Å². The van der Waals surface area contributed by atoms with Crippen molar-refractivity contribution in [2.24, 2.45) is 0 Å². The Morgan fingerprint density at radius 3 is 1.13 bits per heavy atom. The standard InChI is InChI=1S/C58H34N4.C55H33N3/c1-2-11-42(12-3-1)61-52-19-8-6-14-45(52)49-32-38(26-28-54(49)61)35-21-22-39-34-55-50(33-41(39)30-35)46-15-7-9-20-53(46)62(55)43-27-25-36-29-40(24-23-37(36)31-43)58-59-51-18-10-17-47-44-13-4-5-16-48(44)57(60-58)56(47)51;1-2-13-39(14-3-1)57-50-22-8-6-18-43(50)47-30-35(26-27-52(47)57)34-24-25-36-32-53-48(31-38(36)28-34)44-19-7-9-23-51(44)58(53)40-15-10-12-37(29-40)55-46-21-11-20-45-41-16-4-5-17-42(41)49(33-56-55)54(45)46/h1-34H;1-33H. The zero-order valence-corrected chi connectivity index (χ0v) is 64.8. The van der Waals surface area contributed by atoms with Gasteiger partial charge in [0.05, 0.1) is 61.0 Å². The van der Waals surface area contributed by atoms with Gasteiger partial charge < -0.3 is 18.3 Å². The number of para-hydroxylation sites is 6. The van der Waals surface area contributed by atoms with E-state index >= 15 is 0 Å². The van der Waals surface area contributed by atoms with Gasteiger partial charge in [0.2, 0.25) is 0 Å². The first kappa shape index (κ1) is 66.2. The first-order valence-electron chi connectivity index (χ1n) is 41.2. The van der Waals surface area contributed by atoms with Gasteiger partial charge in [0, 0.05) is 110 Å². The van der Waals surface area contributed by atoms with Crippen molar-refractivity contribution in [1.82, 2.24) is 33.2 Å². The highest BCUT2D eigenvalue weighted by atomic mass is 15.0. The van der Waals surface area contributed by atoms with Gasteiger partial charge in [-0.3, -0.25) is 4.98 Å². The van der Waals surface area contributed by atoms with Crippen LogP contribution in [-0.2, 0) is 0 Å². The Balaban J connectivity index is 0.000000130. The highest BCUT2D eigenvalue weighted by Crippen LogP contribution is 2.51. The van der Waals surface area contributed by atoms with Crippen LogP contribution in [0, 0.1) is 0 Å². The van der Waals surface area contributed by atoms with Gasteiger partial charge in [0.1, 0.15) is 0 Å². The van der Waals surface area contributed by atoms with Crippen LogP contribution in [0.2, 0.25) is 0 Å². The van der Waals surface area contributed by atoms with E-state index in [4.69, 9.17) is 15.0 Å². The van der Waals surface area contributed by atoms with Crippen molar-refractivity contribution in [2.45, 2.75) is 0 Å². The number of hydrogen-bond donors (Lipinski definition) is 0. The number of hydrogen-bond acceptors (Lipinski definition) is 3. The highest BCUT2D eigenvalue weighted by molar-refractivity contribution is 6.21. The van der Waals surface area contributed by atoms with E-state index in [0.29, 0.717) is 0 Å². The number of aromatic nitrogens is 7. The molecule has 0 amide bonds. The van der Waals surface area contributed by atoms with Crippen LogP contribution in [0.5, 0.6) is 0 Å². The molecule has 0 atom stereocenters. The van der Waals surface area contributed by atoms with E-state index in [1.165, 1.54) is 197 Å². The monoisotopic (exact) mass is 1520 g/mol. The van der Waals surface area contributed by atoms with Crippen LogP contribution in [0.4, 0.5) is 0 Å². The lowest BCUT2D eigenvalue weighted by Crippen LogP contribution is -1.95. The number of nitrogens with zero attached hydrogens (tertiary/aromatic N) is 7. The quantitative estimate of drug-likeness (QED) is 0.152. The maximum absolute atomic E-state index is 5.18. The summed E-state index contributed by atoms with van der Waals surface area (Å²) in [5, 5.41) is 20.8. The molecule has 0 aliphatic heterocycles. The Bertz CT molecular complexity index is 8710. The largest absolute Gasteiger partial charge is 0.309 e. The van der Waals surface area contributed by atoms with Gasteiger partial charge in [-0.2, -0.15) is 0 Å². The van der Waals surface area contributed by atoms with E-state index in [2.05, 4.69) is 425 Å². The topological polar surface area (TPSA) is 58.4 Å². The second-order valence-corrected chi connectivity index (χ2v) is 32.1. The molecule has 120 heavy (non-hydrogen) atoms. The molecule has 7 nitrogen and oxygen atoms in total. The Morgan fingerprint density at radius 2 is 0.558 bits per heavy atom. The third-order valence-electron chi connectivity index (χ3n) is 25.6. The zero-order valence-electron chi connectivity index (χ0n) is 64.8. The van der Waals surface area contributed by atoms with Gasteiger partial charge in [-0.1, -0.05) is 255 Å². The van der Waals surface area contributed by atoms with Crippen LogP contribution in [0.1, 0.15) is 0 Å². The summed E-state index contributed by atoms with van der Waals surface area (Å²) in [7, 11) is 0. The molecule has 0 fully saturated rings. The molecule has 7 heteroatoms. The summed E-state index contributed by atoms with van der Waals surface area (Å²) < 4.78 is 9.59. The van der Waals surface area contributed by atoms with Crippen LogP contribution in [0.3, 0.4) is 0 Å². The zero-order chi connectivity index (χ0) is 78.4. The minimum atomic E-state index is 0.751. The van der Waals surface area contributed by atoms with Gasteiger partial charge in [-0.25, -0.2) is 9.97 Å². The fraction of sp³-hybridized carbons (Fsp3) is 0. The lowest BCUT2D eigenvalue weighted by molar-refractivity contribution is 1.18. The molecular formula is C113H67N7. The second kappa shape index (κ2) is 25.7. The number of fused-ring (bicyclic) bond motifs is 21.